The molecule has 1 aromatic carbocycles. The van der Waals surface area contributed by atoms with Crippen molar-refractivity contribution in [2.24, 2.45) is 5.92 Å². The molecule has 0 radical (unpaired) electrons. The van der Waals surface area contributed by atoms with Gasteiger partial charge < -0.3 is 9.47 Å². The van der Waals surface area contributed by atoms with Crippen LogP contribution in [0.3, 0.4) is 0 Å². The van der Waals surface area contributed by atoms with Crippen molar-refractivity contribution >= 4 is 5.78 Å². The molecule has 3 nitrogen and oxygen atoms in total. The lowest BCUT2D eigenvalue weighted by Crippen LogP contribution is -2.45. The van der Waals surface area contributed by atoms with Gasteiger partial charge in [-0.1, -0.05) is 6.92 Å². The van der Waals surface area contributed by atoms with Gasteiger partial charge in [-0.3, -0.25) is 4.79 Å². The topological polar surface area (TPSA) is 35.5 Å². The highest BCUT2D eigenvalue weighted by molar-refractivity contribution is 6.03. The van der Waals surface area contributed by atoms with E-state index >= 15 is 0 Å². The van der Waals surface area contributed by atoms with Crippen LogP contribution in [-0.2, 0) is 4.74 Å². The summed E-state index contributed by atoms with van der Waals surface area (Å²) >= 11 is 0. The fourth-order valence-electron chi connectivity index (χ4n) is 3.21. The molecule has 0 saturated heterocycles. The summed E-state index contributed by atoms with van der Waals surface area (Å²) < 4.78 is 11.2. The first-order chi connectivity index (χ1) is 10.0. The van der Waals surface area contributed by atoms with Crippen LogP contribution in [-0.4, -0.2) is 25.1 Å². The molecule has 1 aliphatic rings. The predicted octanol–water partition coefficient (Wildman–Crippen LogP) is 4.17. The highest BCUT2D eigenvalue weighted by atomic mass is 16.5. The fourth-order valence-corrected chi connectivity index (χ4v) is 3.21. The Morgan fingerprint density at radius 2 is 2.00 bits per heavy atom. The molecule has 0 unspecified atom stereocenters. The van der Waals surface area contributed by atoms with Gasteiger partial charge in [0.25, 0.3) is 0 Å². The van der Waals surface area contributed by atoms with Crippen LogP contribution in [0.4, 0.5) is 0 Å². The van der Waals surface area contributed by atoms with Crippen LogP contribution in [0.1, 0.15) is 55.5 Å². The average Bonchev–Trinajstić information content (AvgIpc) is 2.49. The Hall–Kier alpha value is -1.35. The third-order valence-electron chi connectivity index (χ3n) is 4.59. The van der Waals surface area contributed by atoms with Crippen molar-refractivity contribution in [2.45, 2.75) is 52.1 Å². The van der Waals surface area contributed by atoms with Gasteiger partial charge in [-0.25, -0.2) is 0 Å². The molecular formula is C18H26O3. The van der Waals surface area contributed by atoms with E-state index in [4.69, 9.17) is 9.47 Å². The number of carbonyl (C=O) groups is 1. The van der Waals surface area contributed by atoms with E-state index in [9.17, 15) is 4.79 Å². The summed E-state index contributed by atoms with van der Waals surface area (Å²) in [6.07, 6.45) is 3.76. The number of rotatable bonds is 5. The molecule has 0 heterocycles. The van der Waals surface area contributed by atoms with Crippen molar-refractivity contribution < 1.29 is 14.3 Å². The zero-order valence-electron chi connectivity index (χ0n) is 13.6. The lowest BCUT2D eigenvalue weighted by Gasteiger charge is -2.38. The predicted molar refractivity (Wildman–Crippen MR) is 84.1 cm³/mol. The van der Waals surface area contributed by atoms with Crippen molar-refractivity contribution in [3.05, 3.63) is 29.3 Å². The number of hydrogen-bond acceptors (Lipinski definition) is 3. The van der Waals surface area contributed by atoms with Gasteiger partial charge >= 0.3 is 0 Å². The quantitative estimate of drug-likeness (QED) is 0.763. The van der Waals surface area contributed by atoms with Gasteiger partial charge in [-0.2, -0.15) is 0 Å². The first-order valence-corrected chi connectivity index (χ1v) is 7.86. The minimum absolute atomic E-state index is 0.136. The Bertz CT molecular complexity index is 499. The maximum Gasteiger partial charge on any atom is 0.194 e. The SMILES string of the molecule is CCOC1(C(=O)c2ccc(OC)cc2C)CCC(C)CC1. The van der Waals surface area contributed by atoms with Crippen molar-refractivity contribution in [1.29, 1.82) is 0 Å². The van der Waals surface area contributed by atoms with Crippen LogP contribution in [0.2, 0.25) is 0 Å². The van der Waals surface area contributed by atoms with E-state index in [1.54, 1.807) is 7.11 Å². The van der Waals surface area contributed by atoms with Crippen LogP contribution in [0, 0.1) is 12.8 Å². The summed E-state index contributed by atoms with van der Waals surface area (Å²) in [6.45, 7) is 6.75. The molecule has 1 aromatic rings. The molecule has 116 valence electrons. The van der Waals surface area contributed by atoms with Gasteiger partial charge in [0.2, 0.25) is 0 Å². The van der Waals surface area contributed by atoms with Gasteiger partial charge in [0.1, 0.15) is 11.4 Å². The first kappa shape index (κ1) is 16.0. The molecule has 1 aliphatic carbocycles. The number of benzene rings is 1. The van der Waals surface area contributed by atoms with E-state index in [0.29, 0.717) is 12.5 Å². The molecule has 0 bridgehead atoms. The number of ether oxygens (including phenoxy) is 2. The summed E-state index contributed by atoms with van der Waals surface area (Å²) in [5.74, 6) is 1.60. The number of carbonyl (C=O) groups excluding carboxylic acids is 1. The maximum atomic E-state index is 13.1. The molecule has 0 spiro atoms. The third kappa shape index (κ3) is 3.29. The summed E-state index contributed by atoms with van der Waals surface area (Å²) in [6, 6.07) is 5.64. The van der Waals surface area contributed by atoms with Crippen molar-refractivity contribution in [2.75, 3.05) is 13.7 Å². The van der Waals surface area contributed by atoms with Crippen molar-refractivity contribution in [1.82, 2.24) is 0 Å². The van der Waals surface area contributed by atoms with Gasteiger partial charge in [0, 0.05) is 12.2 Å². The van der Waals surface area contributed by atoms with Crippen molar-refractivity contribution in [3.63, 3.8) is 0 Å². The molecule has 0 N–H and O–H groups in total. The zero-order valence-corrected chi connectivity index (χ0v) is 13.6. The second-order valence-corrected chi connectivity index (χ2v) is 6.12. The highest BCUT2D eigenvalue weighted by Gasteiger charge is 2.42. The number of ketones is 1. The molecule has 1 saturated carbocycles. The summed E-state index contributed by atoms with van der Waals surface area (Å²) in [4.78, 5) is 13.1. The van der Waals surface area contributed by atoms with Gasteiger partial charge in [-0.15, -0.1) is 0 Å². The van der Waals surface area contributed by atoms with E-state index in [1.807, 2.05) is 32.0 Å². The highest BCUT2D eigenvalue weighted by Crippen LogP contribution is 2.38. The Morgan fingerprint density at radius 3 is 2.52 bits per heavy atom. The Balaban J connectivity index is 2.30. The Kier molecular flexibility index (Phi) is 5.04. The second kappa shape index (κ2) is 6.61. The zero-order chi connectivity index (χ0) is 15.5. The maximum absolute atomic E-state index is 13.1. The van der Waals surface area contributed by atoms with Gasteiger partial charge in [0.15, 0.2) is 5.78 Å². The summed E-state index contributed by atoms with van der Waals surface area (Å²) in [5, 5.41) is 0. The van der Waals surface area contributed by atoms with E-state index in [0.717, 1.165) is 42.6 Å². The smallest absolute Gasteiger partial charge is 0.194 e. The molecule has 1 fully saturated rings. The molecule has 2 rings (SSSR count). The fraction of sp³-hybridized carbons (Fsp3) is 0.611. The van der Waals surface area contributed by atoms with Crippen LogP contribution < -0.4 is 4.74 Å². The number of aryl methyl sites for hydroxylation is 1. The van der Waals surface area contributed by atoms with Crippen LogP contribution in [0.25, 0.3) is 0 Å². The summed E-state index contributed by atoms with van der Waals surface area (Å²) in [5.41, 5.74) is 1.09. The molecular weight excluding hydrogens is 264 g/mol. The number of hydrogen-bond donors (Lipinski definition) is 0. The van der Waals surface area contributed by atoms with E-state index in [-0.39, 0.29) is 5.78 Å². The molecule has 21 heavy (non-hydrogen) atoms. The van der Waals surface area contributed by atoms with E-state index in [1.165, 1.54) is 0 Å². The van der Waals surface area contributed by atoms with Gasteiger partial charge in [-0.05, 0) is 69.2 Å². The number of Topliss-reactive ketones (excluding diaryl/α,β-unsaturated/α-hetero) is 1. The number of methoxy groups -OCH3 is 1. The van der Waals surface area contributed by atoms with Crippen LogP contribution in [0.5, 0.6) is 5.75 Å². The largest absolute Gasteiger partial charge is 0.497 e. The Labute approximate surface area is 127 Å². The molecule has 0 atom stereocenters. The van der Waals surface area contributed by atoms with Crippen molar-refractivity contribution in [3.8, 4) is 5.75 Å². The first-order valence-electron chi connectivity index (χ1n) is 7.86. The Morgan fingerprint density at radius 1 is 1.33 bits per heavy atom. The second-order valence-electron chi connectivity index (χ2n) is 6.12. The summed E-state index contributed by atoms with van der Waals surface area (Å²) in [7, 11) is 1.64. The van der Waals surface area contributed by atoms with E-state index in [2.05, 4.69) is 6.92 Å². The molecule has 3 heteroatoms. The molecule has 0 amide bonds. The minimum atomic E-state index is -0.624. The lowest BCUT2D eigenvalue weighted by atomic mass is 9.75. The molecule has 0 aliphatic heterocycles. The monoisotopic (exact) mass is 290 g/mol. The van der Waals surface area contributed by atoms with Gasteiger partial charge in [0.05, 0.1) is 7.11 Å². The third-order valence-corrected chi connectivity index (χ3v) is 4.59. The lowest BCUT2D eigenvalue weighted by molar-refractivity contribution is -0.0474. The van der Waals surface area contributed by atoms with E-state index < -0.39 is 5.60 Å². The normalized spacial score (nSPS) is 25.6. The molecule has 0 aromatic heterocycles. The van der Waals surface area contributed by atoms with Crippen LogP contribution in [0.15, 0.2) is 18.2 Å². The average molecular weight is 290 g/mol. The standard InChI is InChI=1S/C18H26O3/c1-5-21-18(10-8-13(2)9-11-18)17(19)16-7-6-15(20-4)12-14(16)3/h6-7,12-13H,5,8-11H2,1-4H3. The minimum Gasteiger partial charge on any atom is -0.497 e. The van der Waals surface area contributed by atoms with Crippen LogP contribution >= 0.6 is 0 Å².